The van der Waals surface area contributed by atoms with Crippen LogP contribution in [-0.2, 0) is 11.2 Å². The van der Waals surface area contributed by atoms with Crippen LogP contribution in [0.15, 0.2) is 11.4 Å². The minimum absolute atomic E-state index is 0.0125. The topological polar surface area (TPSA) is 66.4 Å². The minimum Gasteiger partial charge on any atom is -0.481 e. The van der Waals surface area contributed by atoms with Crippen molar-refractivity contribution in [2.45, 2.75) is 40.0 Å². The molecule has 20 heavy (non-hydrogen) atoms. The highest BCUT2D eigenvalue weighted by Crippen LogP contribution is 2.18. The first-order chi connectivity index (χ1) is 9.43. The van der Waals surface area contributed by atoms with E-state index in [1.807, 2.05) is 18.4 Å². The van der Waals surface area contributed by atoms with Crippen molar-refractivity contribution in [1.82, 2.24) is 5.32 Å². The van der Waals surface area contributed by atoms with E-state index in [0.29, 0.717) is 12.5 Å². The number of rotatable bonds is 8. The van der Waals surface area contributed by atoms with Crippen molar-refractivity contribution in [1.29, 1.82) is 0 Å². The Kier molecular flexibility index (Phi) is 6.71. The maximum Gasteiger partial charge on any atom is 0.303 e. The lowest BCUT2D eigenvalue weighted by atomic mass is 9.94. The van der Waals surface area contributed by atoms with Gasteiger partial charge in [0.2, 0.25) is 0 Å². The molecule has 0 spiro atoms. The van der Waals surface area contributed by atoms with Gasteiger partial charge in [0.25, 0.3) is 5.91 Å². The highest BCUT2D eigenvalue weighted by atomic mass is 32.1. The number of carbonyl (C=O) groups is 2. The molecule has 0 aromatic carbocycles. The molecule has 0 fully saturated rings. The lowest BCUT2D eigenvalue weighted by Crippen LogP contribution is -2.31. The average Bonchev–Trinajstić information content (AvgIpc) is 2.82. The molecule has 5 heteroatoms. The van der Waals surface area contributed by atoms with E-state index in [1.54, 1.807) is 0 Å². The Morgan fingerprint density at radius 2 is 2.10 bits per heavy atom. The monoisotopic (exact) mass is 297 g/mol. The molecule has 1 aromatic rings. The number of carboxylic acids is 1. The van der Waals surface area contributed by atoms with Crippen molar-refractivity contribution in [2.75, 3.05) is 6.54 Å². The average molecular weight is 297 g/mol. The number of thiophene rings is 1. The van der Waals surface area contributed by atoms with Crippen LogP contribution in [0.4, 0.5) is 0 Å². The van der Waals surface area contributed by atoms with Gasteiger partial charge in [-0.2, -0.15) is 0 Å². The third-order valence-corrected chi connectivity index (χ3v) is 4.11. The maximum absolute atomic E-state index is 12.1. The standard InChI is InChI=1S/C15H23NO3S/c1-4-12-5-6-20-14(12)15(19)16-9-11(7-10(2)3)8-13(17)18/h5-6,10-11H,4,7-9H2,1-3H3,(H,16,19)(H,17,18)/t11-/m0/s1. The van der Waals surface area contributed by atoms with Crippen LogP contribution in [0.5, 0.6) is 0 Å². The number of carbonyl (C=O) groups excluding carboxylic acids is 1. The first-order valence-electron chi connectivity index (χ1n) is 7.00. The molecule has 1 atom stereocenters. The number of nitrogens with one attached hydrogen (secondary N) is 1. The highest BCUT2D eigenvalue weighted by Gasteiger charge is 2.18. The van der Waals surface area contributed by atoms with Gasteiger partial charge in [-0.15, -0.1) is 11.3 Å². The summed E-state index contributed by atoms with van der Waals surface area (Å²) in [4.78, 5) is 23.7. The van der Waals surface area contributed by atoms with E-state index in [0.717, 1.165) is 23.3 Å². The van der Waals surface area contributed by atoms with Crippen molar-refractivity contribution in [2.24, 2.45) is 11.8 Å². The predicted octanol–water partition coefficient (Wildman–Crippen LogP) is 3.18. The first-order valence-corrected chi connectivity index (χ1v) is 7.88. The van der Waals surface area contributed by atoms with E-state index < -0.39 is 5.97 Å². The quantitative estimate of drug-likeness (QED) is 0.774. The largest absolute Gasteiger partial charge is 0.481 e. The Morgan fingerprint density at radius 1 is 1.40 bits per heavy atom. The molecule has 0 unspecified atom stereocenters. The first kappa shape index (κ1) is 16.7. The Balaban J connectivity index is 2.58. The summed E-state index contributed by atoms with van der Waals surface area (Å²) in [5.74, 6) is -0.489. The van der Waals surface area contributed by atoms with Gasteiger partial charge in [-0.05, 0) is 41.7 Å². The number of hydrogen-bond donors (Lipinski definition) is 2. The van der Waals surface area contributed by atoms with Gasteiger partial charge in [-0.1, -0.05) is 20.8 Å². The van der Waals surface area contributed by atoms with E-state index in [1.165, 1.54) is 11.3 Å². The van der Waals surface area contributed by atoms with Crippen molar-refractivity contribution in [3.63, 3.8) is 0 Å². The second-order valence-electron chi connectivity index (χ2n) is 5.43. The van der Waals surface area contributed by atoms with Crippen LogP contribution in [-0.4, -0.2) is 23.5 Å². The van der Waals surface area contributed by atoms with E-state index in [-0.39, 0.29) is 18.2 Å². The number of carboxylic acid groups (broad SMARTS) is 1. The summed E-state index contributed by atoms with van der Waals surface area (Å²) < 4.78 is 0. The van der Waals surface area contributed by atoms with Crippen molar-refractivity contribution >= 4 is 23.2 Å². The Labute approximate surface area is 124 Å². The normalized spacial score (nSPS) is 12.4. The summed E-state index contributed by atoms with van der Waals surface area (Å²) in [5, 5.41) is 13.7. The fourth-order valence-electron chi connectivity index (χ4n) is 2.28. The summed E-state index contributed by atoms with van der Waals surface area (Å²) in [7, 11) is 0. The lowest BCUT2D eigenvalue weighted by Gasteiger charge is -2.17. The predicted molar refractivity (Wildman–Crippen MR) is 81.2 cm³/mol. The van der Waals surface area contributed by atoms with Crippen LogP contribution in [0, 0.1) is 11.8 Å². The van der Waals surface area contributed by atoms with E-state index in [9.17, 15) is 9.59 Å². The zero-order valence-electron chi connectivity index (χ0n) is 12.3. The Morgan fingerprint density at radius 3 is 2.65 bits per heavy atom. The van der Waals surface area contributed by atoms with Crippen LogP contribution >= 0.6 is 11.3 Å². The molecule has 0 aliphatic carbocycles. The van der Waals surface area contributed by atoms with Crippen LogP contribution in [0.1, 0.15) is 48.8 Å². The molecule has 0 aliphatic rings. The van der Waals surface area contributed by atoms with Gasteiger partial charge >= 0.3 is 5.97 Å². The summed E-state index contributed by atoms with van der Waals surface area (Å²) in [6.07, 6.45) is 1.73. The molecule has 0 aliphatic heterocycles. The molecule has 0 saturated carbocycles. The fourth-order valence-corrected chi connectivity index (χ4v) is 3.19. The van der Waals surface area contributed by atoms with Crippen molar-refractivity contribution < 1.29 is 14.7 Å². The Hall–Kier alpha value is -1.36. The molecule has 112 valence electrons. The molecule has 2 N–H and O–H groups in total. The third kappa shape index (κ3) is 5.33. The number of hydrogen-bond acceptors (Lipinski definition) is 3. The zero-order valence-corrected chi connectivity index (χ0v) is 13.1. The highest BCUT2D eigenvalue weighted by molar-refractivity contribution is 7.12. The molecular formula is C15H23NO3S. The summed E-state index contributed by atoms with van der Waals surface area (Å²) in [6, 6.07) is 1.96. The second-order valence-corrected chi connectivity index (χ2v) is 6.35. The Bertz CT molecular complexity index is 454. The van der Waals surface area contributed by atoms with Crippen LogP contribution in [0.25, 0.3) is 0 Å². The summed E-state index contributed by atoms with van der Waals surface area (Å²) in [6.45, 7) is 6.56. The number of aryl methyl sites for hydroxylation is 1. The molecular weight excluding hydrogens is 274 g/mol. The van der Waals surface area contributed by atoms with Gasteiger partial charge in [0.05, 0.1) is 4.88 Å². The van der Waals surface area contributed by atoms with Crippen LogP contribution in [0.3, 0.4) is 0 Å². The van der Waals surface area contributed by atoms with Gasteiger partial charge < -0.3 is 10.4 Å². The molecule has 1 rings (SSSR count). The molecule has 1 heterocycles. The summed E-state index contributed by atoms with van der Waals surface area (Å²) >= 11 is 1.43. The smallest absolute Gasteiger partial charge is 0.303 e. The SMILES string of the molecule is CCc1ccsc1C(=O)NC[C@H](CC(=O)O)CC(C)C. The third-order valence-electron chi connectivity index (χ3n) is 3.15. The minimum atomic E-state index is -0.810. The van der Waals surface area contributed by atoms with Gasteiger partial charge in [0, 0.05) is 13.0 Å². The van der Waals surface area contributed by atoms with Gasteiger partial charge in [0.15, 0.2) is 0 Å². The van der Waals surface area contributed by atoms with E-state index in [2.05, 4.69) is 19.2 Å². The molecule has 0 saturated heterocycles. The van der Waals surface area contributed by atoms with Crippen LogP contribution in [0.2, 0.25) is 0 Å². The van der Waals surface area contributed by atoms with Crippen molar-refractivity contribution in [3.05, 3.63) is 21.9 Å². The fraction of sp³-hybridized carbons (Fsp3) is 0.600. The number of aliphatic carboxylic acids is 1. The molecule has 1 aromatic heterocycles. The van der Waals surface area contributed by atoms with Gasteiger partial charge in [0.1, 0.15) is 0 Å². The second kappa shape index (κ2) is 8.04. The lowest BCUT2D eigenvalue weighted by molar-refractivity contribution is -0.138. The summed E-state index contributed by atoms with van der Waals surface area (Å²) in [5.41, 5.74) is 1.05. The molecule has 4 nitrogen and oxygen atoms in total. The van der Waals surface area contributed by atoms with Crippen LogP contribution < -0.4 is 5.32 Å². The molecule has 0 radical (unpaired) electrons. The van der Waals surface area contributed by atoms with Gasteiger partial charge in [-0.3, -0.25) is 9.59 Å². The van der Waals surface area contributed by atoms with Gasteiger partial charge in [-0.25, -0.2) is 0 Å². The maximum atomic E-state index is 12.1. The zero-order chi connectivity index (χ0) is 15.1. The van der Waals surface area contributed by atoms with E-state index in [4.69, 9.17) is 5.11 Å². The molecule has 1 amide bonds. The molecule has 0 bridgehead atoms. The van der Waals surface area contributed by atoms with Crippen molar-refractivity contribution in [3.8, 4) is 0 Å². The van der Waals surface area contributed by atoms with E-state index >= 15 is 0 Å². The number of amides is 1.